The van der Waals surface area contributed by atoms with E-state index in [1.807, 2.05) is 59.3 Å². The molecular weight excluding hydrogens is 252 g/mol. The molecule has 0 amide bonds. The van der Waals surface area contributed by atoms with Crippen LogP contribution in [-0.2, 0) is 6.61 Å². The topological polar surface area (TPSA) is 46.8 Å². The normalized spacial score (nSPS) is 12.5. The third-order valence-corrected chi connectivity index (χ3v) is 3.14. The van der Waals surface area contributed by atoms with Crippen LogP contribution in [0, 0.1) is 0 Å². The first-order valence-electron chi connectivity index (χ1n) is 6.56. The summed E-state index contributed by atoms with van der Waals surface area (Å²) in [6, 6.07) is 13.4. The predicted molar refractivity (Wildman–Crippen MR) is 76.6 cm³/mol. The molecule has 0 spiro atoms. The molecule has 0 aliphatic rings. The van der Waals surface area contributed by atoms with E-state index in [9.17, 15) is 5.11 Å². The van der Waals surface area contributed by atoms with Crippen LogP contribution in [-0.4, -0.2) is 14.5 Å². The summed E-state index contributed by atoms with van der Waals surface area (Å²) < 4.78 is 7.69. The zero-order valence-electron chi connectivity index (χ0n) is 11.2. The molecular formula is C16H16N2O2. The molecule has 1 aromatic carbocycles. The van der Waals surface area contributed by atoms with E-state index in [0.717, 1.165) is 22.7 Å². The zero-order valence-corrected chi connectivity index (χ0v) is 11.2. The molecule has 4 nitrogen and oxygen atoms in total. The van der Waals surface area contributed by atoms with Gasteiger partial charge in [-0.05, 0) is 36.8 Å². The summed E-state index contributed by atoms with van der Waals surface area (Å²) in [6.07, 6.45) is 3.42. The number of aromatic nitrogens is 2. The van der Waals surface area contributed by atoms with Crippen LogP contribution in [0.1, 0.15) is 24.3 Å². The molecule has 102 valence electrons. The maximum atomic E-state index is 9.56. The number of ether oxygens (including phenoxy) is 1. The van der Waals surface area contributed by atoms with Crippen LogP contribution in [0.25, 0.3) is 5.65 Å². The van der Waals surface area contributed by atoms with Crippen LogP contribution >= 0.6 is 0 Å². The lowest BCUT2D eigenvalue weighted by Gasteiger charge is -2.08. The van der Waals surface area contributed by atoms with E-state index in [2.05, 4.69) is 4.98 Å². The molecule has 1 N–H and O–H groups in total. The van der Waals surface area contributed by atoms with Crippen molar-refractivity contribution in [3.8, 4) is 5.75 Å². The third kappa shape index (κ3) is 2.65. The molecule has 0 saturated carbocycles. The summed E-state index contributed by atoms with van der Waals surface area (Å²) in [5.41, 5.74) is 2.62. The fourth-order valence-corrected chi connectivity index (χ4v) is 2.08. The fourth-order valence-electron chi connectivity index (χ4n) is 2.08. The van der Waals surface area contributed by atoms with Gasteiger partial charge in [0.25, 0.3) is 0 Å². The summed E-state index contributed by atoms with van der Waals surface area (Å²) in [4.78, 5) is 4.47. The minimum Gasteiger partial charge on any atom is -0.487 e. The molecule has 0 aliphatic heterocycles. The Morgan fingerprint density at radius 2 is 2.15 bits per heavy atom. The lowest BCUT2D eigenvalue weighted by atomic mass is 10.1. The highest BCUT2D eigenvalue weighted by molar-refractivity contribution is 5.39. The van der Waals surface area contributed by atoms with Gasteiger partial charge in [0.05, 0.1) is 11.8 Å². The Kier molecular flexibility index (Phi) is 3.39. The van der Waals surface area contributed by atoms with Crippen molar-refractivity contribution in [2.45, 2.75) is 19.6 Å². The van der Waals surface area contributed by atoms with Crippen molar-refractivity contribution in [3.05, 3.63) is 66.1 Å². The summed E-state index contributed by atoms with van der Waals surface area (Å²) in [6.45, 7) is 2.15. The molecule has 0 fully saturated rings. The van der Waals surface area contributed by atoms with Gasteiger partial charge in [-0.1, -0.05) is 18.2 Å². The Labute approximate surface area is 117 Å². The first-order valence-corrected chi connectivity index (χ1v) is 6.56. The molecule has 1 atom stereocenters. The smallest absolute Gasteiger partial charge is 0.137 e. The highest BCUT2D eigenvalue weighted by Crippen LogP contribution is 2.19. The summed E-state index contributed by atoms with van der Waals surface area (Å²) in [5.74, 6) is 0.737. The van der Waals surface area contributed by atoms with Gasteiger partial charge in [0.1, 0.15) is 18.0 Å². The van der Waals surface area contributed by atoms with Gasteiger partial charge in [-0.3, -0.25) is 0 Å². The van der Waals surface area contributed by atoms with Crippen molar-refractivity contribution in [2.75, 3.05) is 0 Å². The Morgan fingerprint density at radius 1 is 1.25 bits per heavy atom. The van der Waals surface area contributed by atoms with Crippen molar-refractivity contribution in [1.29, 1.82) is 0 Å². The second kappa shape index (κ2) is 5.35. The number of pyridine rings is 1. The number of rotatable bonds is 4. The molecule has 3 aromatic rings. The summed E-state index contributed by atoms with van der Waals surface area (Å²) in [5, 5.41) is 9.56. The highest BCUT2D eigenvalue weighted by Gasteiger charge is 2.04. The molecule has 4 heteroatoms. The number of hydrogen-bond donors (Lipinski definition) is 1. The minimum absolute atomic E-state index is 0.408. The van der Waals surface area contributed by atoms with E-state index in [0.29, 0.717) is 6.61 Å². The van der Waals surface area contributed by atoms with Crippen molar-refractivity contribution >= 4 is 5.65 Å². The highest BCUT2D eigenvalue weighted by atomic mass is 16.5. The van der Waals surface area contributed by atoms with E-state index < -0.39 is 6.10 Å². The quantitative estimate of drug-likeness (QED) is 0.791. The Hall–Kier alpha value is -2.33. The van der Waals surface area contributed by atoms with Crippen LogP contribution in [0.5, 0.6) is 5.75 Å². The van der Waals surface area contributed by atoms with Crippen LogP contribution in [0.3, 0.4) is 0 Å². The molecule has 1 unspecified atom stereocenters. The van der Waals surface area contributed by atoms with Crippen molar-refractivity contribution in [2.24, 2.45) is 0 Å². The van der Waals surface area contributed by atoms with Gasteiger partial charge in [0, 0.05) is 12.4 Å². The van der Waals surface area contributed by atoms with Gasteiger partial charge in [-0.25, -0.2) is 4.98 Å². The van der Waals surface area contributed by atoms with Gasteiger partial charge in [0.15, 0.2) is 0 Å². The number of nitrogens with zero attached hydrogens (tertiary/aromatic N) is 2. The van der Waals surface area contributed by atoms with Crippen molar-refractivity contribution < 1.29 is 9.84 Å². The van der Waals surface area contributed by atoms with Crippen LogP contribution in [0.2, 0.25) is 0 Å². The summed E-state index contributed by atoms with van der Waals surface area (Å²) in [7, 11) is 0. The molecule has 0 aliphatic carbocycles. The molecule has 3 rings (SSSR count). The first kappa shape index (κ1) is 12.7. The van der Waals surface area contributed by atoms with E-state index >= 15 is 0 Å². The maximum absolute atomic E-state index is 9.56. The Bertz CT molecular complexity index is 686. The summed E-state index contributed by atoms with van der Waals surface area (Å²) >= 11 is 0. The predicted octanol–water partition coefficient (Wildman–Crippen LogP) is 2.97. The number of fused-ring (bicyclic) bond motifs is 1. The Morgan fingerprint density at radius 3 is 2.95 bits per heavy atom. The zero-order chi connectivity index (χ0) is 13.9. The molecule has 0 radical (unpaired) electrons. The largest absolute Gasteiger partial charge is 0.487 e. The maximum Gasteiger partial charge on any atom is 0.137 e. The van der Waals surface area contributed by atoms with Gasteiger partial charge in [-0.15, -0.1) is 0 Å². The monoisotopic (exact) mass is 268 g/mol. The number of aliphatic hydroxyl groups excluding tert-OH is 1. The van der Waals surface area contributed by atoms with Crippen LogP contribution in [0.4, 0.5) is 0 Å². The van der Waals surface area contributed by atoms with Gasteiger partial charge in [-0.2, -0.15) is 0 Å². The number of hydrogen-bond acceptors (Lipinski definition) is 3. The van der Waals surface area contributed by atoms with E-state index in [1.54, 1.807) is 6.92 Å². The van der Waals surface area contributed by atoms with Gasteiger partial charge in [0.2, 0.25) is 0 Å². The van der Waals surface area contributed by atoms with Crippen molar-refractivity contribution in [1.82, 2.24) is 9.38 Å². The molecule has 0 saturated heterocycles. The van der Waals surface area contributed by atoms with E-state index in [1.165, 1.54) is 0 Å². The standard InChI is InChI=1S/C16H16N2O2/c1-12(19)13-5-4-6-15(9-13)20-11-14-10-18-8-3-2-7-16(18)17-14/h2-10,12,19H,11H2,1H3. The third-order valence-electron chi connectivity index (χ3n) is 3.14. The number of benzene rings is 1. The fraction of sp³-hybridized carbons (Fsp3) is 0.188. The molecule has 20 heavy (non-hydrogen) atoms. The SMILES string of the molecule is CC(O)c1cccc(OCc2cn3ccccc3n2)c1. The average Bonchev–Trinajstić information content (AvgIpc) is 2.88. The van der Waals surface area contributed by atoms with E-state index in [-0.39, 0.29) is 0 Å². The molecule has 2 aromatic heterocycles. The average molecular weight is 268 g/mol. The minimum atomic E-state index is -0.492. The van der Waals surface area contributed by atoms with Gasteiger partial charge < -0.3 is 14.2 Å². The van der Waals surface area contributed by atoms with Crippen LogP contribution < -0.4 is 4.74 Å². The second-order valence-corrected chi connectivity index (χ2v) is 4.74. The first-order chi connectivity index (χ1) is 9.72. The van der Waals surface area contributed by atoms with Gasteiger partial charge >= 0.3 is 0 Å². The van der Waals surface area contributed by atoms with Crippen LogP contribution in [0.15, 0.2) is 54.9 Å². The number of imidazole rings is 1. The molecule has 0 bridgehead atoms. The van der Waals surface area contributed by atoms with E-state index in [4.69, 9.17) is 4.74 Å². The van der Waals surface area contributed by atoms with Crippen molar-refractivity contribution in [3.63, 3.8) is 0 Å². The lowest BCUT2D eigenvalue weighted by molar-refractivity contribution is 0.198. The number of aliphatic hydroxyl groups is 1. The second-order valence-electron chi connectivity index (χ2n) is 4.74. The lowest BCUT2D eigenvalue weighted by Crippen LogP contribution is -1.97. The Balaban J connectivity index is 1.74. The molecule has 2 heterocycles.